The molecule has 2 rings (SSSR count). The highest BCUT2D eigenvalue weighted by atomic mass is 32.2. The van der Waals surface area contributed by atoms with Crippen LogP contribution < -0.4 is 14.8 Å². The van der Waals surface area contributed by atoms with Crippen molar-refractivity contribution in [2.75, 3.05) is 22.9 Å². The van der Waals surface area contributed by atoms with Gasteiger partial charge in [0.1, 0.15) is 11.6 Å². The van der Waals surface area contributed by atoms with Crippen molar-refractivity contribution in [3.05, 3.63) is 42.0 Å². The first kappa shape index (κ1) is 16.0. The normalized spacial score (nSPS) is 11.0. The number of benzene rings is 1. The lowest BCUT2D eigenvalue weighted by Crippen LogP contribution is -2.16. The molecule has 118 valence electrons. The summed E-state index contributed by atoms with van der Waals surface area (Å²) in [5.41, 5.74) is 0.988. The Hall–Kier alpha value is -2.35. The third kappa shape index (κ3) is 4.32. The predicted octanol–water partition coefficient (Wildman–Crippen LogP) is 1.86. The molecule has 0 saturated carbocycles. The Morgan fingerprint density at radius 1 is 1.09 bits per heavy atom. The maximum Gasteiger partial charge on any atom is 0.233 e. The van der Waals surface area contributed by atoms with Gasteiger partial charge in [-0.3, -0.25) is 4.72 Å². The molecule has 0 saturated heterocycles. The smallest absolute Gasteiger partial charge is 0.233 e. The monoisotopic (exact) mass is 322 g/mol. The van der Waals surface area contributed by atoms with Crippen LogP contribution in [0.15, 0.2) is 36.4 Å². The molecule has 0 aliphatic rings. The van der Waals surface area contributed by atoms with Gasteiger partial charge < -0.3 is 10.1 Å². The van der Waals surface area contributed by atoms with Crippen molar-refractivity contribution in [1.82, 2.24) is 10.2 Å². The van der Waals surface area contributed by atoms with E-state index in [2.05, 4.69) is 20.2 Å². The molecule has 1 heterocycles. The third-order valence-electron chi connectivity index (χ3n) is 2.96. The van der Waals surface area contributed by atoms with Crippen molar-refractivity contribution in [1.29, 1.82) is 0 Å². The van der Waals surface area contributed by atoms with Crippen LogP contribution in [0.25, 0.3) is 0 Å². The molecule has 2 aromatic rings. The lowest BCUT2D eigenvalue weighted by Gasteiger charge is -2.10. The van der Waals surface area contributed by atoms with Crippen molar-refractivity contribution in [2.24, 2.45) is 0 Å². The molecule has 0 atom stereocenters. The van der Waals surface area contributed by atoms with E-state index in [9.17, 15) is 8.42 Å². The first-order valence-corrected chi connectivity index (χ1v) is 8.39. The minimum absolute atomic E-state index is 0.0114. The Kier molecular flexibility index (Phi) is 5.16. The zero-order chi connectivity index (χ0) is 16.0. The molecule has 0 aliphatic carbocycles. The Bertz CT molecular complexity index is 717. The molecule has 22 heavy (non-hydrogen) atoms. The van der Waals surface area contributed by atoms with Crippen molar-refractivity contribution in [3.8, 4) is 5.75 Å². The highest BCUT2D eigenvalue weighted by Crippen LogP contribution is 2.18. The number of anilines is 2. The summed E-state index contributed by atoms with van der Waals surface area (Å²) in [6.07, 6.45) is 0. The molecular weight excluding hydrogens is 304 g/mol. The average molecular weight is 322 g/mol. The minimum Gasteiger partial charge on any atom is -0.496 e. The fourth-order valence-electron chi connectivity index (χ4n) is 1.75. The van der Waals surface area contributed by atoms with Crippen LogP contribution in [0.2, 0.25) is 0 Å². The second-order valence-electron chi connectivity index (χ2n) is 4.47. The van der Waals surface area contributed by atoms with Gasteiger partial charge >= 0.3 is 0 Å². The van der Waals surface area contributed by atoms with Crippen molar-refractivity contribution < 1.29 is 13.2 Å². The molecule has 1 aromatic heterocycles. The number of para-hydroxylation sites is 1. The van der Waals surface area contributed by atoms with E-state index in [-0.39, 0.29) is 11.6 Å². The van der Waals surface area contributed by atoms with Gasteiger partial charge in [0.25, 0.3) is 0 Å². The predicted molar refractivity (Wildman–Crippen MR) is 85.4 cm³/mol. The van der Waals surface area contributed by atoms with E-state index in [1.54, 1.807) is 26.2 Å². The quantitative estimate of drug-likeness (QED) is 0.808. The van der Waals surface area contributed by atoms with Gasteiger partial charge in [-0.25, -0.2) is 8.42 Å². The Labute approximate surface area is 129 Å². The number of hydrogen-bond donors (Lipinski definition) is 2. The van der Waals surface area contributed by atoms with E-state index < -0.39 is 10.0 Å². The second kappa shape index (κ2) is 7.08. The Morgan fingerprint density at radius 3 is 2.41 bits per heavy atom. The standard InChI is InChI=1S/C14H18N4O3S/c1-3-22(19,20)18-14-9-8-13(16-17-14)15-10-11-6-4-5-7-12(11)21-2/h4-9H,3,10H2,1-2H3,(H,15,16)(H,17,18). The summed E-state index contributed by atoms with van der Waals surface area (Å²) in [6.45, 7) is 2.08. The lowest BCUT2D eigenvalue weighted by atomic mass is 10.2. The number of nitrogens with one attached hydrogen (secondary N) is 2. The van der Waals surface area contributed by atoms with Crippen LogP contribution in [0.4, 0.5) is 11.6 Å². The summed E-state index contributed by atoms with van der Waals surface area (Å²) < 4.78 is 30.5. The van der Waals surface area contributed by atoms with E-state index in [4.69, 9.17) is 4.74 Å². The van der Waals surface area contributed by atoms with E-state index in [0.717, 1.165) is 11.3 Å². The van der Waals surface area contributed by atoms with Crippen LogP contribution in [0.5, 0.6) is 5.75 Å². The zero-order valence-corrected chi connectivity index (χ0v) is 13.2. The maximum absolute atomic E-state index is 11.4. The zero-order valence-electron chi connectivity index (χ0n) is 12.4. The number of rotatable bonds is 7. The minimum atomic E-state index is -3.34. The van der Waals surface area contributed by atoms with Gasteiger partial charge in [0, 0.05) is 12.1 Å². The molecule has 2 N–H and O–H groups in total. The van der Waals surface area contributed by atoms with E-state index in [1.165, 1.54) is 0 Å². The molecule has 0 fully saturated rings. The van der Waals surface area contributed by atoms with Crippen LogP contribution in [0.3, 0.4) is 0 Å². The molecule has 1 aromatic carbocycles. The lowest BCUT2D eigenvalue weighted by molar-refractivity contribution is 0.410. The third-order valence-corrected chi connectivity index (χ3v) is 4.24. The molecule has 7 nitrogen and oxygen atoms in total. The Morgan fingerprint density at radius 2 is 1.77 bits per heavy atom. The summed E-state index contributed by atoms with van der Waals surface area (Å²) in [7, 11) is -1.72. The van der Waals surface area contributed by atoms with Crippen LogP contribution >= 0.6 is 0 Å². The first-order chi connectivity index (χ1) is 10.5. The van der Waals surface area contributed by atoms with Crippen LogP contribution in [-0.4, -0.2) is 31.5 Å². The second-order valence-corrected chi connectivity index (χ2v) is 6.49. The molecule has 0 radical (unpaired) electrons. The van der Waals surface area contributed by atoms with Crippen LogP contribution in [0, 0.1) is 0 Å². The molecule has 0 aliphatic heterocycles. The topological polar surface area (TPSA) is 93.2 Å². The molecule has 8 heteroatoms. The number of aromatic nitrogens is 2. The largest absolute Gasteiger partial charge is 0.496 e. The number of hydrogen-bond acceptors (Lipinski definition) is 6. The van der Waals surface area contributed by atoms with Gasteiger partial charge in [-0.15, -0.1) is 10.2 Å². The van der Waals surface area contributed by atoms with Crippen molar-refractivity contribution in [3.63, 3.8) is 0 Å². The van der Waals surface area contributed by atoms with Gasteiger partial charge in [-0.05, 0) is 25.1 Å². The molecule has 0 bridgehead atoms. The van der Waals surface area contributed by atoms with Crippen LogP contribution in [0.1, 0.15) is 12.5 Å². The average Bonchev–Trinajstić information content (AvgIpc) is 2.54. The number of ether oxygens (including phenoxy) is 1. The summed E-state index contributed by atoms with van der Waals surface area (Å²) in [4.78, 5) is 0. The molecule has 0 spiro atoms. The number of sulfonamides is 1. The first-order valence-electron chi connectivity index (χ1n) is 6.74. The highest BCUT2D eigenvalue weighted by molar-refractivity contribution is 7.92. The molecule has 0 amide bonds. The van der Waals surface area contributed by atoms with E-state index in [0.29, 0.717) is 12.4 Å². The molecule has 0 unspecified atom stereocenters. The number of nitrogens with zero attached hydrogens (tertiary/aromatic N) is 2. The van der Waals surface area contributed by atoms with Gasteiger partial charge in [0.15, 0.2) is 5.82 Å². The van der Waals surface area contributed by atoms with Gasteiger partial charge in [0.05, 0.1) is 12.9 Å². The fraction of sp³-hybridized carbons (Fsp3) is 0.286. The summed E-state index contributed by atoms with van der Waals surface area (Å²) >= 11 is 0. The SMILES string of the molecule is CCS(=O)(=O)Nc1ccc(NCc2ccccc2OC)nn1. The van der Waals surface area contributed by atoms with E-state index in [1.807, 2.05) is 24.3 Å². The summed E-state index contributed by atoms with van der Waals surface area (Å²) in [5.74, 6) is 1.52. The summed E-state index contributed by atoms with van der Waals surface area (Å²) in [5, 5.41) is 10.9. The molecular formula is C14H18N4O3S. The summed E-state index contributed by atoms with van der Waals surface area (Å²) in [6, 6.07) is 10.9. The van der Waals surface area contributed by atoms with Gasteiger partial charge in [-0.1, -0.05) is 18.2 Å². The van der Waals surface area contributed by atoms with Crippen LogP contribution in [-0.2, 0) is 16.6 Å². The van der Waals surface area contributed by atoms with Crippen molar-refractivity contribution >= 4 is 21.7 Å². The fourth-order valence-corrected chi connectivity index (χ4v) is 2.32. The Balaban J connectivity index is 2.00. The van der Waals surface area contributed by atoms with Gasteiger partial charge in [-0.2, -0.15) is 0 Å². The number of methoxy groups -OCH3 is 1. The highest BCUT2D eigenvalue weighted by Gasteiger charge is 2.08. The van der Waals surface area contributed by atoms with Gasteiger partial charge in [0.2, 0.25) is 10.0 Å². The maximum atomic E-state index is 11.4. The van der Waals surface area contributed by atoms with Crippen molar-refractivity contribution in [2.45, 2.75) is 13.5 Å². The van der Waals surface area contributed by atoms with E-state index >= 15 is 0 Å².